The van der Waals surface area contributed by atoms with Gasteiger partial charge in [0.15, 0.2) is 0 Å². The number of imidazole rings is 1. The summed E-state index contributed by atoms with van der Waals surface area (Å²) in [5.74, 6) is 2.01. The van der Waals surface area contributed by atoms with E-state index in [1.54, 1.807) is 0 Å². The van der Waals surface area contributed by atoms with Gasteiger partial charge >= 0.3 is 0 Å². The molecule has 8 aromatic carbocycles. The zero-order valence-corrected chi connectivity index (χ0v) is 38.5. The third-order valence-electron chi connectivity index (χ3n) is 12.1. The third kappa shape index (κ3) is 7.79. The van der Waals surface area contributed by atoms with Crippen LogP contribution in [0.1, 0.15) is 26.3 Å². The van der Waals surface area contributed by atoms with Crippen LogP contribution in [-0.4, -0.2) is 20.8 Å². The number of ether oxygens (including phenoxy) is 1. The second-order valence-electron chi connectivity index (χ2n) is 17.2. The van der Waals surface area contributed by atoms with Gasteiger partial charge < -0.3 is 13.9 Å². The molecule has 0 aliphatic rings. The summed E-state index contributed by atoms with van der Waals surface area (Å²) in [7, 11) is 0. The van der Waals surface area contributed by atoms with E-state index in [1.807, 2.05) is 30.5 Å². The van der Waals surface area contributed by atoms with Crippen LogP contribution >= 0.6 is 0 Å². The van der Waals surface area contributed by atoms with Crippen LogP contribution in [0.4, 0.5) is 0 Å². The average molecular weight is 1020 g/mol. The summed E-state index contributed by atoms with van der Waals surface area (Å²) in [6.45, 7) is 6.71. The Balaban J connectivity index is 0.00000498. The Kier molecular flexibility index (Phi) is 11.1. The van der Waals surface area contributed by atoms with Crippen LogP contribution in [0.5, 0.6) is 11.5 Å². The summed E-state index contributed by atoms with van der Waals surface area (Å²) < 4.78 is 13.1. The minimum atomic E-state index is -0.0272. The predicted molar refractivity (Wildman–Crippen MR) is 262 cm³/mol. The van der Waals surface area contributed by atoms with Gasteiger partial charge in [-0.1, -0.05) is 188 Å². The Bertz CT molecular complexity index is 3440. The fraction of sp³-hybridized carbons (Fsp3) is 0.0690. The van der Waals surface area contributed by atoms with Crippen molar-refractivity contribution < 1.29 is 30.4 Å². The zero-order chi connectivity index (χ0) is 43.2. The van der Waals surface area contributed by atoms with Crippen molar-refractivity contribution in [3.8, 4) is 39.8 Å². The van der Waals surface area contributed by atoms with Gasteiger partial charge in [0.1, 0.15) is 5.82 Å². The number of hydrogen-bond donors (Lipinski definition) is 0. The van der Waals surface area contributed by atoms with E-state index in [9.17, 15) is 0 Å². The van der Waals surface area contributed by atoms with Crippen molar-refractivity contribution in [1.29, 1.82) is 0 Å². The number of para-hydroxylation sites is 4. The number of pyridine rings is 1. The number of rotatable bonds is 9. The molecule has 0 amide bonds. The number of hydrogen-bond acceptors (Lipinski definition) is 2. The third-order valence-corrected chi connectivity index (χ3v) is 12.1. The summed E-state index contributed by atoms with van der Waals surface area (Å²) in [4.78, 5) is 4.85. The van der Waals surface area contributed by atoms with Crippen LogP contribution < -0.4 is 25.7 Å². The molecule has 0 saturated heterocycles. The van der Waals surface area contributed by atoms with E-state index >= 15 is 0 Å². The van der Waals surface area contributed by atoms with Crippen molar-refractivity contribution in [1.82, 2.24) is 14.1 Å². The first-order valence-electron chi connectivity index (χ1n) is 21.8. The topological polar surface area (TPSA) is 35.9 Å². The largest absolute Gasteiger partial charge is 0.510 e. The van der Waals surface area contributed by atoms with Crippen molar-refractivity contribution >= 4 is 55.9 Å². The van der Waals surface area contributed by atoms with Gasteiger partial charge in [-0.15, -0.1) is 29.7 Å². The van der Waals surface area contributed by atoms with Crippen LogP contribution in [0, 0.1) is 18.5 Å². The Hall–Kier alpha value is -7.27. The molecule has 0 fully saturated rings. The van der Waals surface area contributed by atoms with Crippen molar-refractivity contribution in [2.75, 3.05) is 0 Å². The minimum absolute atomic E-state index is 0. The van der Waals surface area contributed by atoms with Crippen LogP contribution in [0.25, 0.3) is 61.2 Å². The van der Waals surface area contributed by atoms with Gasteiger partial charge in [-0.3, -0.25) is 4.57 Å². The van der Waals surface area contributed by atoms with Gasteiger partial charge in [0.05, 0.1) is 16.7 Å². The van der Waals surface area contributed by atoms with Gasteiger partial charge in [-0.25, -0.2) is 4.98 Å². The molecule has 0 N–H and O–H groups in total. The zero-order valence-electron chi connectivity index (χ0n) is 36.2. The monoisotopic (exact) mass is 1020 g/mol. The maximum Gasteiger partial charge on any atom is 0.268 e. The van der Waals surface area contributed by atoms with E-state index in [4.69, 9.17) is 9.72 Å². The summed E-state index contributed by atoms with van der Waals surface area (Å²) in [5, 5.41) is 2.22. The second kappa shape index (κ2) is 17.4. The average Bonchev–Trinajstić information content (AvgIpc) is 3.89. The SMILES string of the molecule is CC(C)(C)c1ccnc(-n2c3[c-]c(Oc4[c-]c(-n5[c-][n+](-c6ccccc6-c6ccccc6B(c6ccccc6)c6ccccc6)c6ccccc65)ccc4)ccc3c3ccccc32)c1.[Pt]. The molecule has 0 spiro atoms. The Labute approximate surface area is 394 Å². The molecule has 5 nitrogen and oxygen atoms in total. The van der Waals surface area contributed by atoms with E-state index in [1.165, 1.54) is 27.5 Å². The first kappa shape index (κ1) is 41.7. The molecule has 11 rings (SSSR count). The molecule has 3 aromatic heterocycles. The second-order valence-corrected chi connectivity index (χ2v) is 17.2. The van der Waals surface area contributed by atoms with Gasteiger partial charge in [0, 0.05) is 44.3 Å². The van der Waals surface area contributed by atoms with Crippen LogP contribution in [0.2, 0.25) is 0 Å². The number of benzene rings is 8. The van der Waals surface area contributed by atoms with Gasteiger partial charge in [-0.2, -0.15) is 18.2 Å². The molecule has 0 bridgehead atoms. The van der Waals surface area contributed by atoms with E-state index < -0.39 is 0 Å². The van der Waals surface area contributed by atoms with Crippen LogP contribution in [-0.2, 0) is 26.5 Å². The first-order chi connectivity index (χ1) is 31.4. The maximum atomic E-state index is 6.62. The van der Waals surface area contributed by atoms with E-state index in [-0.39, 0.29) is 33.2 Å². The quantitative estimate of drug-likeness (QED) is 0.0821. The molecule has 0 aliphatic heterocycles. The van der Waals surface area contributed by atoms with Gasteiger partial charge in [0.25, 0.3) is 6.33 Å². The normalized spacial score (nSPS) is 11.5. The summed E-state index contributed by atoms with van der Waals surface area (Å²) in [5.41, 5.74) is 13.0. The van der Waals surface area contributed by atoms with E-state index in [0.717, 1.165) is 55.6 Å². The van der Waals surface area contributed by atoms with Gasteiger partial charge in [0.2, 0.25) is 6.71 Å². The number of fused-ring (bicyclic) bond motifs is 4. The van der Waals surface area contributed by atoms with Crippen LogP contribution in [0.15, 0.2) is 206 Å². The standard InChI is InChI=1S/C58H43BN4O.Pt/c1-58(2,3)41-35-36-60-57(37-41)63-53-30-15-12-27-49(53)50-34-33-46(39-56(50)63)64-45-24-18-23-44(38-45)61-40-62(55-32-17-16-31-54(55)61)52-29-14-11-26-48(52)47-25-10-13-28-51(47)59(42-19-6-4-7-20-42)43-21-8-5-9-22-43;/h4-37H,1-3H3;/q-2;. The molecule has 0 radical (unpaired) electrons. The molecule has 11 aromatic rings. The Morgan fingerprint density at radius 2 is 1.22 bits per heavy atom. The molecule has 0 atom stereocenters. The summed E-state index contributed by atoms with van der Waals surface area (Å²) >= 11 is 0. The Morgan fingerprint density at radius 1 is 0.569 bits per heavy atom. The van der Waals surface area contributed by atoms with Crippen molar-refractivity contribution in [3.05, 3.63) is 230 Å². The molecule has 316 valence electrons. The van der Waals surface area contributed by atoms with Crippen molar-refractivity contribution in [3.63, 3.8) is 0 Å². The summed E-state index contributed by atoms with van der Waals surface area (Å²) in [6, 6.07) is 77.4. The molecule has 0 aliphatic carbocycles. The van der Waals surface area contributed by atoms with E-state index in [0.29, 0.717) is 11.5 Å². The fourth-order valence-corrected chi connectivity index (χ4v) is 9.07. The summed E-state index contributed by atoms with van der Waals surface area (Å²) in [6.07, 6.45) is 5.64. The molecular weight excluding hydrogens is 975 g/mol. The molecule has 7 heteroatoms. The van der Waals surface area contributed by atoms with E-state index in [2.05, 4.69) is 229 Å². The van der Waals surface area contributed by atoms with Crippen molar-refractivity contribution in [2.24, 2.45) is 0 Å². The van der Waals surface area contributed by atoms with Crippen LogP contribution in [0.3, 0.4) is 0 Å². The smallest absolute Gasteiger partial charge is 0.268 e. The predicted octanol–water partition coefficient (Wildman–Crippen LogP) is 11.1. The van der Waals surface area contributed by atoms with Crippen molar-refractivity contribution in [2.45, 2.75) is 26.2 Å². The fourth-order valence-electron chi connectivity index (χ4n) is 9.07. The molecule has 0 unspecified atom stereocenters. The minimum Gasteiger partial charge on any atom is -0.510 e. The number of aromatic nitrogens is 4. The van der Waals surface area contributed by atoms with Gasteiger partial charge in [-0.05, 0) is 57.4 Å². The maximum absolute atomic E-state index is 6.62. The Morgan fingerprint density at radius 3 is 1.98 bits per heavy atom. The molecule has 0 saturated carbocycles. The molecule has 65 heavy (non-hydrogen) atoms. The molecular formula is C58H43BN4OPt-2. The molecule has 3 heterocycles. The first-order valence-corrected chi connectivity index (χ1v) is 21.8. The number of nitrogens with zero attached hydrogens (tertiary/aromatic N) is 4.